The van der Waals surface area contributed by atoms with Crippen molar-refractivity contribution in [3.05, 3.63) is 12.2 Å². The Kier molecular flexibility index (Phi) is 17.7. The second kappa shape index (κ2) is 18.2. The fraction of sp³-hybridized carbons (Fsp3) is 0.880. The Hall–Kier alpha value is -0.830. The number of hydrogen-bond donors (Lipinski definition) is 0. The first-order chi connectivity index (χ1) is 13.4. The van der Waals surface area contributed by atoms with Crippen molar-refractivity contribution in [2.45, 2.75) is 116 Å². The van der Waals surface area contributed by atoms with Gasteiger partial charge >= 0.3 is 5.97 Å². The number of carbonyl (C=O) groups excluding carboxylic acids is 1. The van der Waals surface area contributed by atoms with E-state index in [2.05, 4.69) is 47.1 Å². The molecule has 0 spiro atoms. The number of rotatable bonds is 19. The Morgan fingerprint density at radius 2 is 1.29 bits per heavy atom. The van der Waals surface area contributed by atoms with Gasteiger partial charge in [0.05, 0.1) is 21.1 Å². The van der Waals surface area contributed by atoms with E-state index in [4.69, 9.17) is 4.74 Å². The number of carbonyl (C=O) groups is 1. The van der Waals surface area contributed by atoms with Gasteiger partial charge in [-0.1, -0.05) is 77.4 Å². The van der Waals surface area contributed by atoms with Crippen molar-refractivity contribution in [1.82, 2.24) is 0 Å². The Morgan fingerprint density at radius 1 is 0.786 bits per heavy atom. The van der Waals surface area contributed by atoms with Crippen LogP contribution in [0, 0.1) is 0 Å². The molecule has 3 heteroatoms. The molecule has 0 bridgehead atoms. The van der Waals surface area contributed by atoms with Crippen molar-refractivity contribution in [2.24, 2.45) is 0 Å². The summed E-state index contributed by atoms with van der Waals surface area (Å²) in [5.41, 5.74) is 0. The lowest BCUT2D eigenvalue weighted by Gasteiger charge is -2.28. The van der Waals surface area contributed by atoms with Crippen LogP contribution in [0.4, 0.5) is 0 Å². The van der Waals surface area contributed by atoms with E-state index in [-0.39, 0.29) is 12.1 Å². The van der Waals surface area contributed by atoms with E-state index in [0.29, 0.717) is 6.42 Å². The summed E-state index contributed by atoms with van der Waals surface area (Å²) in [6, 6.07) is 0. The third-order valence-electron chi connectivity index (χ3n) is 5.15. The second-order valence-corrected chi connectivity index (χ2v) is 9.33. The van der Waals surface area contributed by atoms with Crippen LogP contribution < -0.4 is 0 Å². The van der Waals surface area contributed by atoms with Gasteiger partial charge in [0, 0.05) is 6.42 Å². The molecule has 0 amide bonds. The minimum absolute atomic E-state index is 0.0158. The van der Waals surface area contributed by atoms with Crippen molar-refractivity contribution < 1.29 is 14.0 Å². The first kappa shape index (κ1) is 27.2. The van der Waals surface area contributed by atoms with E-state index >= 15 is 0 Å². The van der Waals surface area contributed by atoms with Crippen molar-refractivity contribution in [3.63, 3.8) is 0 Å². The van der Waals surface area contributed by atoms with E-state index in [1.807, 2.05) is 0 Å². The molecule has 0 aliphatic heterocycles. The molecule has 1 unspecified atom stereocenters. The number of quaternary nitrogens is 1. The SMILES string of the molecule is CCCCCCCC/C=C/CCCCCCCC(=O)OC(CC)C[N+](C)(C)C. The Labute approximate surface area is 176 Å². The number of allylic oxidation sites excluding steroid dienone is 2. The van der Waals surface area contributed by atoms with E-state index in [1.54, 1.807) is 0 Å². The topological polar surface area (TPSA) is 26.3 Å². The molecule has 0 saturated carbocycles. The highest BCUT2D eigenvalue weighted by Gasteiger charge is 2.19. The molecular weight excluding hydrogens is 346 g/mol. The lowest BCUT2D eigenvalue weighted by Crippen LogP contribution is -2.42. The molecule has 3 nitrogen and oxygen atoms in total. The lowest BCUT2D eigenvalue weighted by atomic mass is 10.1. The average Bonchev–Trinajstić information content (AvgIpc) is 2.63. The van der Waals surface area contributed by atoms with Gasteiger partial charge in [-0.25, -0.2) is 0 Å². The fourth-order valence-corrected chi connectivity index (χ4v) is 3.45. The van der Waals surface area contributed by atoms with Gasteiger partial charge in [0.1, 0.15) is 6.54 Å². The smallest absolute Gasteiger partial charge is 0.306 e. The predicted molar refractivity (Wildman–Crippen MR) is 123 cm³/mol. The summed E-state index contributed by atoms with van der Waals surface area (Å²) >= 11 is 0. The average molecular weight is 397 g/mol. The molecule has 0 aliphatic carbocycles. The maximum Gasteiger partial charge on any atom is 0.306 e. The van der Waals surface area contributed by atoms with E-state index in [9.17, 15) is 4.79 Å². The lowest BCUT2D eigenvalue weighted by molar-refractivity contribution is -0.873. The molecule has 0 fully saturated rings. The van der Waals surface area contributed by atoms with Crippen LogP contribution in [0.3, 0.4) is 0 Å². The van der Waals surface area contributed by atoms with Crippen LogP contribution in [0.1, 0.15) is 110 Å². The Balaban J connectivity index is 3.47. The molecule has 0 aromatic carbocycles. The number of nitrogens with zero attached hydrogens (tertiary/aromatic N) is 1. The van der Waals surface area contributed by atoms with E-state index in [0.717, 1.165) is 30.3 Å². The Morgan fingerprint density at radius 3 is 1.79 bits per heavy atom. The van der Waals surface area contributed by atoms with Crippen LogP contribution in [-0.2, 0) is 9.53 Å². The predicted octanol–water partition coefficient (Wildman–Crippen LogP) is 7.05. The van der Waals surface area contributed by atoms with Crippen LogP contribution in [0.2, 0.25) is 0 Å². The number of hydrogen-bond acceptors (Lipinski definition) is 2. The summed E-state index contributed by atoms with van der Waals surface area (Å²) in [5.74, 6) is -0.0158. The number of unbranched alkanes of at least 4 members (excludes halogenated alkanes) is 11. The second-order valence-electron chi connectivity index (χ2n) is 9.33. The molecule has 0 aliphatic rings. The maximum atomic E-state index is 12.0. The quantitative estimate of drug-likeness (QED) is 0.101. The van der Waals surface area contributed by atoms with Crippen LogP contribution in [0.5, 0.6) is 0 Å². The molecule has 28 heavy (non-hydrogen) atoms. The molecule has 0 N–H and O–H groups in total. The summed E-state index contributed by atoms with van der Waals surface area (Å²) in [6.45, 7) is 5.25. The van der Waals surface area contributed by atoms with Gasteiger partial charge in [-0.15, -0.1) is 0 Å². The summed E-state index contributed by atoms with van der Waals surface area (Å²) in [5, 5.41) is 0. The molecule has 0 aromatic heterocycles. The highest BCUT2D eigenvalue weighted by molar-refractivity contribution is 5.69. The van der Waals surface area contributed by atoms with Gasteiger partial charge in [-0.2, -0.15) is 0 Å². The van der Waals surface area contributed by atoms with Gasteiger partial charge in [-0.05, 0) is 38.5 Å². The normalized spacial score (nSPS) is 13.2. The molecule has 0 aromatic rings. The molecule has 0 saturated heterocycles. The minimum atomic E-state index is -0.0158. The first-order valence-electron chi connectivity index (χ1n) is 12.0. The minimum Gasteiger partial charge on any atom is -0.456 e. The van der Waals surface area contributed by atoms with Crippen LogP contribution in [0.15, 0.2) is 12.2 Å². The molecule has 0 radical (unpaired) electrons. The maximum absolute atomic E-state index is 12.0. The molecule has 166 valence electrons. The molecule has 0 rings (SSSR count). The van der Waals surface area contributed by atoms with Crippen LogP contribution >= 0.6 is 0 Å². The van der Waals surface area contributed by atoms with Gasteiger partial charge in [0.25, 0.3) is 0 Å². The monoisotopic (exact) mass is 396 g/mol. The highest BCUT2D eigenvalue weighted by atomic mass is 16.5. The van der Waals surface area contributed by atoms with Gasteiger partial charge in [0.15, 0.2) is 6.10 Å². The van der Waals surface area contributed by atoms with Crippen molar-refractivity contribution in [1.29, 1.82) is 0 Å². The van der Waals surface area contributed by atoms with Crippen molar-refractivity contribution >= 4 is 5.97 Å². The standard InChI is InChI=1S/C25H50NO2/c1-6-8-9-10-11-12-13-14-15-16-17-18-19-20-21-22-25(27)28-24(7-2)23-26(3,4)5/h14-15,24H,6-13,16-23H2,1-5H3/q+1/b15-14+. The summed E-state index contributed by atoms with van der Waals surface area (Å²) in [4.78, 5) is 12.0. The molecule has 0 heterocycles. The number of likely N-dealkylation sites (N-methyl/N-ethyl adjacent to an activating group) is 1. The van der Waals surface area contributed by atoms with Crippen molar-refractivity contribution in [3.8, 4) is 0 Å². The first-order valence-corrected chi connectivity index (χ1v) is 12.0. The third-order valence-corrected chi connectivity index (χ3v) is 5.15. The third kappa shape index (κ3) is 19.9. The summed E-state index contributed by atoms with van der Waals surface area (Å²) < 4.78 is 6.46. The highest BCUT2D eigenvalue weighted by Crippen LogP contribution is 2.11. The molecular formula is C25H50NO2+. The number of esters is 1. The number of ether oxygens (including phenoxy) is 1. The summed E-state index contributed by atoms with van der Waals surface area (Å²) in [6.07, 6.45) is 22.9. The van der Waals surface area contributed by atoms with Gasteiger partial charge < -0.3 is 9.22 Å². The zero-order valence-corrected chi connectivity index (χ0v) is 19.8. The zero-order valence-electron chi connectivity index (χ0n) is 19.8. The van der Waals surface area contributed by atoms with E-state index < -0.39 is 0 Å². The van der Waals surface area contributed by atoms with Gasteiger partial charge in [-0.3, -0.25) is 4.79 Å². The van der Waals surface area contributed by atoms with Crippen LogP contribution in [0.25, 0.3) is 0 Å². The molecule has 1 atom stereocenters. The van der Waals surface area contributed by atoms with Crippen LogP contribution in [-0.4, -0.2) is 44.2 Å². The fourth-order valence-electron chi connectivity index (χ4n) is 3.45. The van der Waals surface area contributed by atoms with E-state index in [1.165, 1.54) is 70.6 Å². The summed E-state index contributed by atoms with van der Waals surface area (Å²) in [7, 11) is 6.42. The van der Waals surface area contributed by atoms with Gasteiger partial charge in [0.2, 0.25) is 0 Å². The van der Waals surface area contributed by atoms with Crippen molar-refractivity contribution in [2.75, 3.05) is 27.7 Å². The Bertz CT molecular complexity index is 384. The largest absolute Gasteiger partial charge is 0.456 e. The zero-order chi connectivity index (χ0) is 21.1.